The molecule has 0 spiro atoms. The van der Waals surface area contributed by atoms with Crippen LogP contribution in [0.5, 0.6) is 0 Å². The molecule has 2 N–H and O–H groups in total. The van der Waals surface area contributed by atoms with Crippen LogP contribution in [-0.2, 0) is 22.0 Å². The molecule has 192 valence electrons. The van der Waals surface area contributed by atoms with Crippen LogP contribution in [0.4, 0.5) is 0 Å². The molecule has 2 rings (SSSR count). The summed E-state index contributed by atoms with van der Waals surface area (Å²) in [6.07, 6.45) is 0. The van der Waals surface area contributed by atoms with Crippen molar-refractivity contribution in [3.63, 3.8) is 0 Å². The monoisotopic (exact) mass is 606 g/mol. The van der Waals surface area contributed by atoms with Gasteiger partial charge in [-0.2, -0.15) is 0 Å². The number of rotatable bonds is 7. The Labute approximate surface area is 233 Å². The second kappa shape index (κ2) is 14.2. The van der Waals surface area contributed by atoms with Gasteiger partial charge in [-0.1, -0.05) is 82.3 Å². The zero-order valence-electron chi connectivity index (χ0n) is 19.9. The van der Waals surface area contributed by atoms with Crippen molar-refractivity contribution in [2.75, 3.05) is 0 Å². The van der Waals surface area contributed by atoms with E-state index in [0.717, 1.165) is 11.1 Å². The van der Waals surface area contributed by atoms with Crippen LogP contribution in [0.25, 0.3) is 0 Å². The summed E-state index contributed by atoms with van der Waals surface area (Å²) >= 11 is 26.6. The highest BCUT2D eigenvalue weighted by Gasteiger charge is 2.33. The average Bonchev–Trinajstić information content (AvgIpc) is 2.70. The molecule has 11 heteroatoms. The normalized spacial score (nSPS) is 15.8. The summed E-state index contributed by atoms with van der Waals surface area (Å²) < 4.78 is 30.9. The van der Waals surface area contributed by atoms with Crippen LogP contribution in [0.1, 0.15) is 64.8 Å². The van der Waals surface area contributed by atoms with Gasteiger partial charge in [-0.15, -0.1) is 0 Å². The van der Waals surface area contributed by atoms with Crippen molar-refractivity contribution in [3.05, 3.63) is 69.7 Å². The number of halogens is 5. The van der Waals surface area contributed by atoms with Crippen molar-refractivity contribution in [2.24, 2.45) is 0 Å². The smallest absolute Gasteiger partial charge is 0.180 e. The van der Waals surface area contributed by atoms with E-state index in [2.05, 4.69) is 9.44 Å². The molecule has 0 saturated carbocycles. The second-order valence-electron chi connectivity index (χ2n) is 9.30. The summed E-state index contributed by atoms with van der Waals surface area (Å²) in [5, 5.41) is 1.23. The van der Waals surface area contributed by atoms with Gasteiger partial charge in [0.15, 0.2) is 4.30 Å². The highest BCUT2D eigenvalue weighted by Crippen LogP contribution is 2.33. The molecule has 0 fully saturated rings. The lowest BCUT2D eigenvalue weighted by atomic mass is 9.95. The van der Waals surface area contributed by atoms with Gasteiger partial charge in [0.1, 0.15) is 0 Å². The topological polar surface area (TPSA) is 58.2 Å². The van der Waals surface area contributed by atoms with Crippen molar-refractivity contribution in [1.29, 1.82) is 0 Å². The predicted octanol–water partition coefficient (Wildman–Crippen LogP) is 7.87. The first-order chi connectivity index (χ1) is 15.5. The van der Waals surface area contributed by atoms with Crippen LogP contribution < -0.4 is 9.44 Å². The molecule has 0 bridgehead atoms. The van der Waals surface area contributed by atoms with Crippen LogP contribution in [-0.4, -0.2) is 22.2 Å². The Bertz CT molecular complexity index is 866. The van der Waals surface area contributed by atoms with Crippen LogP contribution in [0.3, 0.4) is 0 Å². The molecule has 0 aromatic heterocycles. The molecule has 34 heavy (non-hydrogen) atoms. The summed E-state index contributed by atoms with van der Waals surface area (Å²) in [7, 11) is -2.71. The molecule has 2 aromatic carbocycles. The molecule has 0 saturated heterocycles. The van der Waals surface area contributed by atoms with E-state index in [1.807, 2.05) is 65.8 Å². The van der Waals surface area contributed by atoms with E-state index >= 15 is 0 Å². The van der Waals surface area contributed by atoms with Gasteiger partial charge in [0.25, 0.3) is 0 Å². The Morgan fingerprint density at radius 3 is 1.06 bits per heavy atom. The van der Waals surface area contributed by atoms with Crippen molar-refractivity contribution in [2.45, 2.75) is 67.4 Å². The maximum atomic E-state index is 13.0. The zero-order chi connectivity index (χ0) is 26.3. The summed E-state index contributed by atoms with van der Waals surface area (Å²) in [6, 6.07) is 13.9. The van der Waals surface area contributed by atoms with Crippen molar-refractivity contribution in [1.82, 2.24) is 9.44 Å². The van der Waals surface area contributed by atoms with Gasteiger partial charge in [-0.05, 0) is 76.9 Å². The number of benzene rings is 2. The molecule has 0 aliphatic carbocycles. The van der Waals surface area contributed by atoms with Gasteiger partial charge < -0.3 is 0 Å². The first kappa shape index (κ1) is 32.1. The molecule has 4 nitrogen and oxygen atoms in total. The van der Waals surface area contributed by atoms with Gasteiger partial charge >= 0.3 is 0 Å². The Balaban J connectivity index is 0.00000133. The van der Waals surface area contributed by atoms with E-state index in [0.29, 0.717) is 10.0 Å². The lowest BCUT2D eigenvalue weighted by molar-refractivity contribution is 0.485. The molecular weight excluding hydrogens is 578 g/mol. The minimum absolute atomic E-state index is 0.421. The molecule has 0 heterocycles. The third-order valence-electron chi connectivity index (χ3n) is 4.37. The lowest BCUT2D eigenvalue weighted by Gasteiger charge is -2.33. The van der Waals surface area contributed by atoms with Crippen LogP contribution in [0, 0.1) is 0 Å². The van der Waals surface area contributed by atoms with Crippen molar-refractivity contribution < 1.29 is 8.42 Å². The van der Waals surface area contributed by atoms with Crippen LogP contribution in [0.2, 0.25) is 10.0 Å². The summed E-state index contributed by atoms with van der Waals surface area (Å²) in [5.74, 6) is 0. The first-order valence-electron chi connectivity index (χ1n) is 10.3. The minimum atomic E-state index is -1.36. The molecule has 0 unspecified atom stereocenters. The van der Waals surface area contributed by atoms with E-state index in [1.54, 1.807) is 24.3 Å². The highest BCUT2D eigenvalue weighted by molar-refractivity contribution is 7.84. The molecule has 0 radical (unpaired) electrons. The Kier molecular flexibility index (Phi) is 13.4. The minimum Gasteiger partial charge on any atom is -0.242 e. The SMILES string of the molecule is CC(C)(C)[S@@](=O)N[C@@H](c1ccc(Cl)cc1)[C@@H](N[S@](=O)C(C)(C)C)c1ccc(Cl)cc1.ClC(Cl)Cl. The number of hydrogen-bond donors (Lipinski definition) is 2. The third-order valence-corrected chi connectivity index (χ3v) is 8.04. The molecule has 0 aliphatic rings. The molecule has 2 aromatic rings. The van der Waals surface area contributed by atoms with E-state index in [4.69, 9.17) is 58.0 Å². The molecule has 4 atom stereocenters. The third kappa shape index (κ3) is 11.4. The van der Waals surface area contributed by atoms with Gasteiger partial charge in [-0.25, -0.2) is 17.9 Å². The maximum absolute atomic E-state index is 13.0. The molecule has 0 amide bonds. The van der Waals surface area contributed by atoms with Crippen LogP contribution >= 0.6 is 58.0 Å². The summed E-state index contributed by atoms with van der Waals surface area (Å²) in [6.45, 7) is 11.5. The van der Waals surface area contributed by atoms with E-state index in [-0.39, 0.29) is 0 Å². The van der Waals surface area contributed by atoms with Crippen LogP contribution in [0.15, 0.2) is 48.5 Å². The molecule has 0 aliphatic heterocycles. The maximum Gasteiger partial charge on any atom is 0.180 e. The van der Waals surface area contributed by atoms with Crippen molar-refractivity contribution >= 4 is 80.0 Å². The lowest BCUT2D eigenvalue weighted by Crippen LogP contribution is -2.44. The number of hydrogen-bond acceptors (Lipinski definition) is 2. The average molecular weight is 609 g/mol. The van der Waals surface area contributed by atoms with Gasteiger partial charge in [0.2, 0.25) is 0 Å². The summed E-state index contributed by atoms with van der Waals surface area (Å²) in [4.78, 5) is 0. The fourth-order valence-electron chi connectivity index (χ4n) is 2.58. The quantitative estimate of drug-likeness (QED) is 0.314. The first-order valence-corrected chi connectivity index (χ1v) is 14.7. The Morgan fingerprint density at radius 1 is 0.618 bits per heavy atom. The summed E-state index contributed by atoms with van der Waals surface area (Å²) in [5.41, 5.74) is 1.77. The standard InChI is InChI=1S/C22H30Cl2N2O2S2.CHCl3/c1-21(2,3)29(27)25-19(15-7-11-17(23)12-8-15)20(26-30(28)22(4,5)6)16-9-13-18(24)14-10-16;2-1(3)4/h7-14,19-20,25-26H,1-6H3;1H/t19-,20-,29+,30+;/m0./s1. The Hall–Kier alpha value is 0.110. The fourth-order valence-corrected chi connectivity index (χ4v) is 4.55. The number of nitrogens with one attached hydrogen (secondary N) is 2. The second-order valence-corrected chi connectivity index (χ2v) is 16.2. The predicted molar refractivity (Wildman–Crippen MR) is 152 cm³/mol. The number of alkyl halides is 3. The van der Waals surface area contributed by atoms with E-state index < -0.39 is 47.8 Å². The zero-order valence-corrected chi connectivity index (χ0v) is 25.3. The van der Waals surface area contributed by atoms with Gasteiger partial charge in [-0.3, -0.25) is 0 Å². The fraction of sp³-hybridized carbons (Fsp3) is 0.478. The Morgan fingerprint density at radius 2 is 0.853 bits per heavy atom. The molecular formula is C23H31Cl5N2O2S2. The highest BCUT2D eigenvalue weighted by atomic mass is 35.6. The van der Waals surface area contributed by atoms with E-state index in [1.165, 1.54) is 0 Å². The van der Waals surface area contributed by atoms with Gasteiger partial charge in [0.05, 0.1) is 43.5 Å². The van der Waals surface area contributed by atoms with Crippen molar-refractivity contribution in [3.8, 4) is 0 Å². The van der Waals surface area contributed by atoms with E-state index in [9.17, 15) is 8.42 Å². The largest absolute Gasteiger partial charge is 0.242 e. The van der Waals surface area contributed by atoms with Gasteiger partial charge in [0, 0.05) is 10.0 Å².